The van der Waals surface area contributed by atoms with Gasteiger partial charge in [-0.1, -0.05) is 19.1 Å². The summed E-state index contributed by atoms with van der Waals surface area (Å²) in [7, 11) is 0. The molecule has 1 aromatic rings. The van der Waals surface area contributed by atoms with Crippen molar-refractivity contribution in [1.29, 1.82) is 0 Å². The molecular weight excluding hydrogens is 257 g/mol. The number of hydrogen-bond donors (Lipinski definition) is 1. The molecule has 1 aliphatic rings. The van der Waals surface area contributed by atoms with Crippen molar-refractivity contribution in [2.24, 2.45) is 11.8 Å². The molecule has 0 spiro atoms. The number of aliphatic hydroxyl groups is 1. The van der Waals surface area contributed by atoms with Crippen LogP contribution in [0.15, 0.2) is 24.3 Å². The van der Waals surface area contributed by atoms with E-state index in [1.54, 1.807) is 12.1 Å². The van der Waals surface area contributed by atoms with E-state index in [-0.39, 0.29) is 11.7 Å². The molecule has 0 aliphatic heterocycles. The van der Waals surface area contributed by atoms with Crippen molar-refractivity contribution in [2.45, 2.75) is 38.7 Å². The fourth-order valence-electron chi connectivity index (χ4n) is 2.19. The fourth-order valence-corrected chi connectivity index (χ4v) is 2.19. The first-order chi connectivity index (χ1) is 8.85. The van der Waals surface area contributed by atoms with Crippen LogP contribution < -0.4 is 4.74 Å². The molecule has 1 aromatic carbocycles. The Hall–Kier alpha value is -1.23. The number of halogens is 3. The SMILES string of the molecule is CC(C(O)Cc1ccc(OC(F)(F)F)cc1)C1CC1. The monoisotopic (exact) mass is 274 g/mol. The summed E-state index contributed by atoms with van der Waals surface area (Å²) in [5.41, 5.74) is 0.814. The van der Waals surface area contributed by atoms with Gasteiger partial charge in [0.15, 0.2) is 0 Å². The highest BCUT2D eigenvalue weighted by molar-refractivity contribution is 5.27. The van der Waals surface area contributed by atoms with E-state index in [4.69, 9.17) is 0 Å². The van der Waals surface area contributed by atoms with Crippen molar-refractivity contribution < 1.29 is 23.0 Å². The van der Waals surface area contributed by atoms with Gasteiger partial charge in [0.05, 0.1) is 6.10 Å². The number of alkyl halides is 3. The van der Waals surface area contributed by atoms with Crippen LogP contribution in [0, 0.1) is 11.8 Å². The lowest BCUT2D eigenvalue weighted by molar-refractivity contribution is -0.274. The Balaban J connectivity index is 1.90. The van der Waals surface area contributed by atoms with Gasteiger partial charge in [-0.05, 0) is 48.8 Å². The third-order valence-electron chi connectivity index (χ3n) is 3.57. The van der Waals surface area contributed by atoms with Gasteiger partial charge in [-0.25, -0.2) is 0 Å². The van der Waals surface area contributed by atoms with Crippen LogP contribution >= 0.6 is 0 Å². The second-order valence-electron chi connectivity index (χ2n) is 5.16. The maximum Gasteiger partial charge on any atom is 0.573 e. The lowest BCUT2D eigenvalue weighted by Crippen LogP contribution is -2.22. The molecule has 2 rings (SSSR count). The first-order valence-corrected chi connectivity index (χ1v) is 6.38. The molecule has 0 saturated heterocycles. The van der Waals surface area contributed by atoms with Crippen LogP contribution in [0.3, 0.4) is 0 Å². The van der Waals surface area contributed by atoms with Crippen LogP contribution in [0.4, 0.5) is 13.2 Å². The molecule has 106 valence electrons. The summed E-state index contributed by atoms with van der Waals surface area (Å²) in [6.45, 7) is 2.02. The number of benzene rings is 1. The summed E-state index contributed by atoms with van der Waals surface area (Å²) in [6.07, 6.45) is -2.32. The Morgan fingerprint density at radius 2 is 1.84 bits per heavy atom. The number of hydrogen-bond acceptors (Lipinski definition) is 2. The van der Waals surface area contributed by atoms with Crippen molar-refractivity contribution in [2.75, 3.05) is 0 Å². The summed E-state index contributed by atoms with van der Waals surface area (Å²) in [6, 6.07) is 5.67. The summed E-state index contributed by atoms with van der Waals surface area (Å²) < 4.78 is 39.8. The van der Waals surface area contributed by atoms with E-state index in [0.29, 0.717) is 12.3 Å². The molecule has 1 saturated carbocycles. The highest BCUT2D eigenvalue weighted by atomic mass is 19.4. The predicted octanol–water partition coefficient (Wildman–Crippen LogP) is 3.53. The van der Waals surface area contributed by atoms with Crippen LogP contribution in [-0.2, 0) is 6.42 Å². The molecule has 0 heterocycles. The van der Waals surface area contributed by atoms with Crippen LogP contribution in [0.25, 0.3) is 0 Å². The normalized spacial score (nSPS) is 19.0. The molecule has 2 unspecified atom stereocenters. The van der Waals surface area contributed by atoms with Gasteiger partial charge < -0.3 is 9.84 Å². The molecule has 0 aromatic heterocycles. The zero-order valence-electron chi connectivity index (χ0n) is 10.7. The highest BCUT2D eigenvalue weighted by Crippen LogP contribution is 2.38. The highest BCUT2D eigenvalue weighted by Gasteiger charge is 2.33. The van der Waals surface area contributed by atoms with Gasteiger partial charge in [0.2, 0.25) is 0 Å². The average Bonchev–Trinajstić information content (AvgIpc) is 3.12. The Morgan fingerprint density at radius 1 is 1.26 bits per heavy atom. The van der Waals surface area contributed by atoms with E-state index in [1.807, 2.05) is 6.92 Å². The minimum absolute atomic E-state index is 0.235. The lowest BCUT2D eigenvalue weighted by Gasteiger charge is -2.18. The Kier molecular flexibility index (Phi) is 4.04. The zero-order valence-corrected chi connectivity index (χ0v) is 10.7. The minimum Gasteiger partial charge on any atom is -0.406 e. The number of rotatable bonds is 5. The third-order valence-corrected chi connectivity index (χ3v) is 3.57. The van der Waals surface area contributed by atoms with Crippen molar-refractivity contribution in [1.82, 2.24) is 0 Å². The molecular formula is C14H17F3O2. The number of aliphatic hydroxyl groups excluding tert-OH is 1. The molecule has 0 bridgehead atoms. The van der Waals surface area contributed by atoms with E-state index < -0.39 is 12.5 Å². The molecule has 19 heavy (non-hydrogen) atoms. The maximum atomic E-state index is 12.0. The Morgan fingerprint density at radius 3 is 2.32 bits per heavy atom. The largest absolute Gasteiger partial charge is 0.573 e. The smallest absolute Gasteiger partial charge is 0.406 e. The van der Waals surface area contributed by atoms with Crippen LogP contribution in [0.2, 0.25) is 0 Å². The topological polar surface area (TPSA) is 29.5 Å². The second-order valence-corrected chi connectivity index (χ2v) is 5.16. The zero-order chi connectivity index (χ0) is 14.0. The standard InChI is InChI=1S/C14H17F3O2/c1-9(11-4-5-11)13(18)8-10-2-6-12(7-3-10)19-14(15,16)17/h2-3,6-7,9,11,13,18H,4-5,8H2,1H3. The molecule has 0 amide bonds. The molecule has 1 N–H and O–H groups in total. The van der Waals surface area contributed by atoms with E-state index in [9.17, 15) is 18.3 Å². The van der Waals surface area contributed by atoms with E-state index in [0.717, 1.165) is 18.4 Å². The van der Waals surface area contributed by atoms with Gasteiger partial charge in [-0.2, -0.15) is 0 Å². The van der Waals surface area contributed by atoms with Crippen LogP contribution in [0.1, 0.15) is 25.3 Å². The first-order valence-electron chi connectivity index (χ1n) is 6.38. The van der Waals surface area contributed by atoms with Gasteiger partial charge in [-0.15, -0.1) is 13.2 Å². The first kappa shape index (κ1) is 14.2. The van der Waals surface area contributed by atoms with E-state index in [2.05, 4.69) is 4.74 Å². The molecule has 5 heteroatoms. The molecule has 2 nitrogen and oxygen atoms in total. The van der Waals surface area contributed by atoms with Crippen molar-refractivity contribution in [3.05, 3.63) is 29.8 Å². The van der Waals surface area contributed by atoms with Crippen LogP contribution in [-0.4, -0.2) is 17.6 Å². The van der Waals surface area contributed by atoms with Gasteiger partial charge in [0.25, 0.3) is 0 Å². The van der Waals surface area contributed by atoms with E-state index >= 15 is 0 Å². The molecule has 2 atom stereocenters. The fraction of sp³-hybridized carbons (Fsp3) is 0.571. The molecule has 1 fully saturated rings. The second kappa shape index (κ2) is 5.41. The van der Waals surface area contributed by atoms with Crippen molar-refractivity contribution >= 4 is 0 Å². The average molecular weight is 274 g/mol. The Labute approximate surface area is 110 Å². The molecule has 0 radical (unpaired) electrons. The summed E-state index contributed by atoms with van der Waals surface area (Å²) in [5, 5.41) is 10.0. The minimum atomic E-state index is -4.67. The summed E-state index contributed by atoms with van der Waals surface area (Å²) in [4.78, 5) is 0. The van der Waals surface area contributed by atoms with Crippen molar-refractivity contribution in [3.8, 4) is 5.75 Å². The van der Waals surface area contributed by atoms with Gasteiger partial charge in [0, 0.05) is 0 Å². The summed E-state index contributed by atoms with van der Waals surface area (Å²) in [5.74, 6) is 0.606. The van der Waals surface area contributed by atoms with Gasteiger partial charge >= 0.3 is 6.36 Å². The maximum absolute atomic E-state index is 12.0. The quantitative estimate of drug-likeness (QED) is 0.890. The van der Waals surface area contributed by atoms with Gasteiger partial charge in [0.1, 0.15) is 5.75 Å². The third kappa shape index (κ3) is 4.42. The lowest BCUT2D eigenvalue weighted by atomic mass is 9.94. The van der Waals surface area contributed by atoms with E-state index in [1.165, 1.54) is 12.1 Å². The Bertz CT molecular complexity index is 410. The van der Waals surface area contributed by atoms with Crippen molar-refractivity contribution in [3.63, 3.8) is 0 Å². The summed E-state index contributed by atoms with van der Waals surface area (Å²) >= 11 is 0. The number of ether oxygens (including phenoxy) is 1. The van der Waals surface area contributed by atoms with Crippen LogP contribution in [0.5, 0.6) is 5.75 Å². The van der Waals surface area contributed by atoms with Gasteiger partial charge in [-0.3, -0.25) is 0 Å². The predicted molar refractivity (Wildman–Crippen MR) is 64.7 cm³/mol. The molecule has 1 aliphatic carbocycles.